The summed E-state index contributed by atoms with van der Waals surface area (Å²) < 4.78 is 5.72. The molecule has 0 aromatic heterocycles. The summed E-state index contributed by atoms with van der Waals surface area (Å²) in [5, 5.41) is 0. The highest BCUT2D eigenvalue weighted by Gasteiger charge is 2.00. The Labute approximate surface area is 132 Å². The van der Waals surface area contributed by atoms with Crippen molar-refractivity contribution >= 4 is 0 Å². The maximum absolute atomic E-state index is 5.72. The summed E-state index contributed by atoms with van der Waals surface area (Å²) in [6.45, 7) is 12.7. The van der Waals surface area contributed by atoms with Gasteiger partial charge in [-0.05, 0) is 49.9 Å². The monoisotopic (exact) mass is 288 g/mol. The molecule has 21 heavy (non-hydrogen) atoms. The van der Waals surface area contributed by atoms with E-state index in [-0.39, 0.29) is 0 Å². The van der Waals surface area contributed by atoms with Crippen LogP contribution in [0.4, 0.5) is 0 Å². The average Bonchev–Trinajstić information content (AvgIpc) is 2.49. The highest BCUT2D eigenvalue weighted by molar-refractivity contribution is 5.34. The predicted molar refractivity (Wildman–Crippen MR) is 96.0 cm³/mol. The molecule has 1 aromatic carbocycles. The van der Waals surface area contributed by atoms with Gasteiger partial charge in [0, 0.05) is 0 Å². The highest BCUT2D eigenvalue weighted by Crippen LogP contribution is 2.18. The summed E-state index contributed by atoms with van der Waals surface area (Å²) in [7, 11) is 0. The standard InChI is InChI=1S/C15H24O.C3H6.C2H2/c1-4-6-7-11-16-15-10-9-14(8-5-2)13(3)12-15;1-3-2;1-2/h9-10,12H,4-8,11H2,1-3H3;3H,1H2,2H3;1-2H. The van der Waals surface area contributed by atoms with E-state index in [1.165, 1.54) is 36.8 Å². The number of benzene rings is 1. The third-order valence-corrected chi connectivity index (χ3v) is 2.85. The molecule has 0 saturated carbocycles. The summed E-state index contributed by atoms with van der Waals surface area (Å²) in [5.74, 6) is 1.02. The minimum absolute atomic E-state index is 0.848. The molecule has 0 bridgehead atoms. The summed E-state index contributed by atoms with van der Waals surface area (Å²) in [6.07, 6.45) is 15.8. The predicted octanol–water partition coefficient (Wildman–Crippen LogP) is 5.96. The lowest BCUT2D eigenvalue weighted by molar-refractivity contribution is 0.306. The van der Waals surface area contributed by atoms with Crippen molar-refractivity contribution in [1.82, 2.24) is 0 Å². The molecule has 1 aromatic rings. The quantitative estimate of drug-likeness (QED) is 0.342. The van der Waals surface area contributed by atoms with Crippen LogP contribution in [0.25, 0.3) is 0 Å². The van der Waals surface area contributed by atoms with Crippen LogP contribution in [0.3, 0.4) is 0 Å². The van der Waals surface area contributed by atoms with Crippen LogP contribution < -0.4 is 4.74 Å². The van der Waals surface area contributed by atoms with Crippen LogP contribution in [0, 0.1) is 19.8 Å². The van der Waals surface area contributed by atoms with Gasteiger partial charge in [-0.15, -0.1) is 19.4 Å². The first-order chi connectivity index (χ1) is 10.2. The molecule has 1 nitrogen and oxygen atoms in total. The van der Waals surface area contributed by atoms with Crippen molar-refractivity contribution < 1.29 is 4.74 Å². The maximum Gasteiger partial charge on any atom is 0.119 e. The second-order valence-corrected chi connectivity index (χ2v) is 4.80. The number of hydrogen-bond acceptors (Lipinski definition) is 1. The van der Waals surface area contributed by atoms with Crippen LogP contribution >= 0.6 is 0 Å². The van der Waals surface area contributed by atoms with Gasteiger partial charge in [0.15, 0.2) is 0 Å². The molecular weight excluding hydrogens is 256 g/mol. The van der Waals surface area contributed by atoms with Crippen molar-refractivity contribution in [1.29, 1.82) is 0 Å². The van der Waals surface area contributed by atoms with Crippen molar-refractivity contribution in [3.63, 3.8) is 0 Å². The molecule has 0 spiro atoms. The average molecular weight is 288 g/mol. The number of terminal acetylenes is 1. The van der Waals surface area contributed by atoms with Gasteiger partial charge in [0.2, 0.25) is 0 Å². The Morgan fingerprint density at radius 2 is 1.76 bits per heavy atom. The summed E-state index contributed by atoms with van der Waals surface area (Å²) >= 11 is 0. The molecule has 0 aliphatic carbocycles. The Kier molecular flexibility index (Phi) is 16.9. The third-order valence-electron chi connectivity index (χ3n) is 2.85. The number of hydrogen-bond donors (Lipinski definition) is 0. The van der Waals surface area contributed by atoms with Gasteiger partial charge in [0.25, 0.3) is 0 Å². The van der Waals surface area contributed by atoms with Crippen LogP contribution in [0.15, 0.2) is 30.9 Å². The zero-order valence-corrected chi connectivity index (χ0v) is 14.3. The summed E-state index contributed by atoms with van der Waals surface area (Å²) in [6, 6.07) is 6.47. The molecule has 0 aliphatic rings. The number of unbranched alkanes of at least 4 members (excludes halogenated alkanes) is 2. The van der Waals surface area contributed by atoms with E-state index in [1.54, 1.807) is 6.08 Å². The second kappa shape index (κ2) is 16.4. The van der Waals surface area contributed by atoms with E-state index in [4.69, 9.17) is 4.74 Å². The second-order valence-electron chi connectivity index (χ2n) is 4.80. The van der Waals surface area contributed by atoms with Crippen molar-refractivity contribution in [3.8, 4) is 18.6 Å². The molecule has 0 amide bonds. The van der Waals surface area contributed by atoms with Gasteiger partial charge in [-0.2, -0.15) is 0 Å². The van der Waals surface area contributed by atoms with Crippen LogP contribution in [-0.4, -0.2) is 6.61 Å². The molecule has 0 fully saturated rings. The number of rotatable bonds is 7. The molecule has 118 valence electrons. The van der Waals surface area contributed by atoms with Crippen molar-refractivity contribution in [2.45, 2.75) is 59.8 Å². The zero-order valence-electron chi connectivity index (χ0n) is 14.3. The molecule has 0 aliphatic heterocycles. The number of aryl methyl sites for hydroxylation is 2. The fourth-order valence-electron chi connectivity index (χ4n) is 1.85. The first-order valence-electron chi connectivity index (χ1n) is 7.82. The molecule has 1 heteroatoms. The summed E-state index contributed by atoms with van der Waals surface area (Å²) in [5.41, 5.74) is 2.80. The third kappa shape index (κ3) is 11.8. The molecule has 0 saturated heterocycles. The lowest BCUT2D eigenvalue weighted by atomic mass is 10.0. The highest BCUT2D eigenvalue weighted by atomic mass is 16.5. The molecule has 1 rings (SSSR count). The molecule has 0 heterocycles. The van der Waals surface area contributed by atoms with E-state index in [1.807, 2.05) is 6.92 Å². The van der Waals surface area contributed by atoms with E-state index in [9.17, 15) is 0 Å². The summed E-state index contributed by atoms with van der Waals surface area (Å²) in [4.78, 5) is 0. The maximum atomic E-state index is 5.72. The van der Waals surface area contributed by atoms with Crippen molar-refractivity contribution in [3.05, 3.63) is 42.0 Å². The van der Waals surface area contributed by atoms with E-state index >= 15 is 0 Å². The zero-order chi connectivity index (χ0) is 16.5. The van der Waals surface area contributed by atoms with Crippen LogP contribution in [-0.2, 0) is 6.42 Å². The van der Waals surface area contributed by atoms with Crippen LogP contribution in [0.1, 0.15) is 57.6 Å². The minimum Gasteiger partial charge on any atom is -0.494 e. The Morgan fingerprint density at radius 1 is 1.14 bits per heavy atom. The fourth-order valence-corrected chi connectivity index (χ4v) is 1.85. The Bertz CT molecular complexity index is 377. The lowest BCUT2D eigenvalue weighted by Gasteiger charge is -2.09. The van der Waals surface area contributed by atoms with E-state index in [0.717, 1.165) is 18.8 Å². The SMILES string of the molecule is C#C.C=CC.CCCCCOc1ccc(CCC)c(C)c1. The number of ether oxygens (including phenoxy) is 1. The first kappa shape index (κ1) is 21.6. The normalized spacial score (nSPS) is 8.67. The molecular formula is C20H32O. The van der Waals surface area contributed by atoms with E-state index in [0.29, 0.717) is 0 Å². The Morgan fingerprint density at radius 3 is 2.24 bits per heavy atom. The van der Waals surface area contributed by atoms with Gasteiger partial charge in [0.1, 0.15) is 5.75 Å². The Hall–Kier alpha value is -1.68. The molecule has 0 radical (unpaired) electrons. The van der Waals surface area contributed by atoms with Crippen LogP contribution in [0.2, 0.25) is 0 Å². The van der Waals surface area contributed by atoms with Gasteiger partial charge in [-0.1, -0.05) is 45.3 Å². The van der Waals surface area contributed by atoms with Crippen molar-refractivity contribution in [2.75, 3.05) is 6.61 Å². The van der Waals surface area contributed by atoms with Crippen molar-refractivity contribution in [2.24, 2.45) is 0 Å². The minimum atomic E-state index is 0.848. The first-order valence-corrected chi connectivity index (χ1v) is 7.82. The van der Waals surface area contributed by atoms with Gasteiger partial charge in [0.05, 0.1) is 6.61 Å². The molecule has 0 N–H and O–H groups in total. The Balaban J connectivity index is 0. The smallest absolute Gasteiger partial charge is 0.119 e. The fraction of sp³-hybridized carbons (Fsp3) is 0.500. The lowest BCUT2D eigenvalue weighted by Crippen LogP contribution is -1.98. The van der Waals surface area contributed by atoms with Crippen LogP contribution in [0.5, 0.6) is 5.75 Å². The topological polar surface area (TPSA) is 9.23 Å². The van der Waals surface area contributed by atoms with Gasteiger partial charge in [-0.25, -0.2) is 0 Å². The number of allylic oxidation sites excluding steroid dienone is 1. The van der Waals surface area contributed by atoms with Gasteiger partial charge < -0.3 is 4.74 Å². The largest absolute Gasteiger partial charge is 0.494 e. The van der Waals surface area contributed by atoms with E-state index in [2.05, 4.69) is 58.4 Å². The molecule has 0 unspecified atom stereocenters. The van der Waals surface area contributed by atoms with Gasteiger partial charge in [-0.3, -0.25) is 0 Å². The van der Waals surface area contributed by atoms with E-state index < -0.39 is 0 Å². The molecule has 0 atom stereocenters. The van der Waals surface area contributed by atoms with Gasteiger partial charge >= 0.3 is 0 Å².